The molecule has 0 rings (SSSR count). The van der Waals surface area contributed by atoms with E-state index < -0.39 is 0 Å². The van der Waals surface area contributed by atoms with Crippen molar-refractivity contribution in [3.8, 4) is 0 Å². The molecule has 12 heavy (non-hydrogen) atoms. The van der Waals surface area contributed by atoms with Crippen molar-refractivity contribution >= 4 is 0 Å². The molecule has 0 saturated carbocycles. The van der Waals surface area contributed by atoms with Gasteiger partial charge < -0.3 is 10.4 Å². The Kier molecular flexibility index (Phi) is 4.50. The number of aliphatic hydroxyl groups excluding tert-OH is 1. The molecule has 0 aromatic heterocycles. The average molecular weight is 171 g/mol. The predicted octanol–water partition coefficient (Wildman–Crippen LogP) is 1.70. The second kappa shape index (κ2) is 4.63. The molecule has 1 unspecified atom stereocenters. The Hall–Kier alpha value is -0.340. The van der Waals surface area contributed by atoms with Gasteiger partial charge in [0.1, 0.15) is 0 Å². The van der Waals surface area contributed by atoms with E-state index >= 15 is 0 Å². The summed E-state index contributed by atoms with van der Waals surface area (Å²) in [6.07, 6.45) is 1.49. The lowest BCUT2D eigenvalue weighted by Gasteiger charge is -2.21. The van der Waals surface area contributed by atoms with Gasteiger partial charge in [0, 0.05) is 12.1 Å². The molecule has 0 aliphatic carbocycles. The summed E-state index contributed by atoms with van der Waals surface area (Å²) in [7, 11) is 0. The summed E-state index contributed by atoms with van der Waals surface area (Å²) in [5.41, 5.74) is 1.23. The minimum absolute atomic E-state index is 0.0798. The minimum Gasteiger partial charge on any atom is -0.388 e. The summed E-state index contributed by atoms with van der Waals surface area (Å²) in [6, 6.07) is 0. The van der Waals surface area contributed by atoms with Crippen LogP contribution in [0.3, 0.4) is 0 Å². The highest BCUT2D eigenvalue weighted by Crippen LogP contribution is 2.00. The van der Waals surface area contributed by atoms with Gasteiger partial charge in [-0.25, -0.2) is 0 Å². The van der Waals surface area contributed by atoms with E-state index in [-0.39, 0.29) is 11.6 Å². The van der Waals surface area contributed by atoms with Gasteiger partial charge in [-0.05, 0) is 34.6 Å². The quantitative estimate of drug-likeness (QED) is 0.633. The first-order valence-corrected chi connectivity index (χ1v) is 4.39. The van der Waals surface area contributed by atoms with Gasteiger partial charge >= 0.3 is 0 Å². The van der Waals surface area contributed by atoms with Gasteiger partial charge in [-0.15, -0.1) is 0 Å². The average Bonchev–Trinajstić information content (AvgIpc) is 1.80. The number of aliphatic hydroxyl groups is 1. The second-order valence-electron chi connectivity index (χ2n) is 4.44. The van der Waals surface area contributed by atoms with Gasteiger partial charge in [0.25, 0.3) is 0 Å². The lowest BCUT2D eigenvalue weighted by molar-refractivity contribution is 0.204. The van der Waals surface area contributed by atoms with Crippen molar-refractivity contribution in [2.45, 2.75) is 46.3 Å². The van der Waals surface area contributed by atoms with Crippen LogP contribution in [0.1, 0.15) is 34.6 Å². The SMILES string of the molecule is CC(C)=CC(O)CNC(C)(C)C. The highest BCUT2D eigenvalue weighted by Gasteiger charge is 2.10. The van der Waals surface area contributed by atoms with E-state index in [9.17, 15) is 5.11 Å². The minimum atomic E-state index is -0.366. The fraction of sp³-hybridized carbons (Fsp3) is 0.800. The van der Waals surface area contributed by atoms with Crippen LogP contribution in [0.15, 0.2) is 11.6 Å². The molecule has 0 aliphatic heterocycles. The summed E-state index contributed by atoms with van der Waals surface area (Å²) in [6.45, 7) is 10.8. The number of β-amino-alcohol motifs (C(OH)–C–C–N with tert-alkyl or cyclic N) is 1. The van der Waals surface area contributed by atoms with Crippen molar-refractivity contribution in [1.82, 2.24) is 5.32 Å². The monoisotopic (exact) mass is 171 g/mol. The largest absolute Gasteiger partial charge is 0.388 e. The maximum atomic E-state index is 9.44. The first-order valence-electron chi connectivity index (χ1n) is 4.39. The van der Waals surface area contributed by atoms with Gasteiger partial charge in [0.2, 0.25) is 0 Å². The molecule has 0 bridgehead atoms. The highest BCUT2D eigenvalue weighted by atomic mass is 16.3. The third-order valence-electron chi connectivity index (χ3n) is 1.37. The van der Waals surface area contributed by atoms with Crippen molar-refractivity contribution in [3.63, 3.8) is 0 Å². The van der Waals surface area contributed by atoms with Crippen LogP contribution in [0.2, 0.25) is 0 Å². The third-order valence-corrected chi connectivity index (χ3v) is 1.37. The molecule has 0 aromatic carbocycles. The molecule has 2 nitrogen and oxygen atoms in total. The standard InChI is InChI=1S/C10H21NO/c1-8(2)6-9(12)7-11-10(3,4)5/h6,9,11-12H,7H2,1-5H3. The molecule has 0 saturated heterocycles. The van der Waals surface area contributed by atoms with Crippen LogP contribution < -0.4 is 5.32 Å². The van der Waals surface area contributed by atoms with E-state index in [1.165, 1.54) is 0 Å². The van der Waals surface area contributed by atoms with Crippen LogP contribution in [0, 0.1) is 0 Å². The van der Waals surface area contributed by atoms with E-state index in [0.717, 1.165) is 5.57 Å². The van der Waals surface area contributed by atoms with Crippen LogP contribution in [-0.2, 0) is 0 Å². The van der Waals surface area contributed by atoms with E-state index in [2.05, 4.69) is 26.1 Å². The lowest BCUT2D eigenvalue weighted by Crippen LogP contribution is -2.40. The number of allylic oxidation sites excluding steroid dienone is 1. The summed E-state index contributed by atoms with van der Waals surface area (Å²) >= 11 is 0. The normalized spacial score (nSPS) is 14.2. The zero-order valence-corrected chi connectivity index (χ0v) is 8.81. The van der Waals surface area contributed by atoms with Crippen LogP contribution in [0.25, 0.3) is 0 Å². The summed E-state index contributed by atoms with van der Waals surface area (Å²) in [5, 5.41) is 12.7. The first kappa shape index (κ1) is 11.7. The number of rotatable bonds is 3. The van der Waals surface area contributed by atoms with Crippen molar-refractivity contribution in [2.75, 3.05) is 6.54 Å². The molecule has 0 amide bonds. The smallest absolute Gasteiger partial charge is 0.0847 e. The Balaban J connectivity index is 3.73. The molecule has 2 N–H and O–H groups in total. The van der Waals surface area contributed by atoms with Gasteiger partial charge in [0.15, 0.2) is 0 Å². The molecule has 0 aliphatic rings. The maximum Gasteiger partial charge on any atom is 0.0847 e. The molecule has 0 aromatic rings. The van der Waals surface area contributed by atoms with Gasteiger partial charge in [-0.3, -0.25) is 0 Å². The lowest BCUT2D eigenvalue weighted by atomic mass is 10.1. The van der Waals surface area contributed by atoms with E-state index in [1.807, 2.05) is 19.9 Å². The summed E-state index contributed by atoms with van der Waals surface area (Å²) in [5.74, 6) is 0. The Labute approximate surface area is 75.7 Å². The van der Waals surface area contributed by atoms with Crippen molar-refractivity contribution in [3.05, 3.63) is 11.6 Å². The summed E-state index contributed by atoms with van der Waals surface area (Å²) < 4.78 is 0. The third kappa shape index (κ3) is 7.76. The van der Waals surface area contributed by atoms with Gasteiger partial charge in [-0.1, -0.05) is 11.6 Å². The second-order valence-corrected chi connectivity index (χ2v) is 4.44. The Morgan fingerprint density at radius 3 is 2.25 bits per heavy atom. The van der Waals surface area contributed by atoms with Gasteiger partial charge in [-0.2, -0.15) is 0 Å². The van der Waals surface area contributed by atoms with Crippen molar-refractivity contribution in [1.29, 1.82) is 0 Å². The molecule has 72 valence electrons. The molecule has 0 spiro atoms. The fourth-order valence-corrected chi connectivity index (χ4v) is 0.854. The number of hydrogen-bond donors (Lipinski definition) is 2. The first-order chi connectivity index (χ1) is 5.31. The van der Waals surface area contributed by atoms with Crippen LogP contribution in [0.5, 0.6) is 0 Å². The molecule has 1 atom stereocenters. The Bertz CT molecular complexity index is 152. The van der Waals surface area contributed by atoms with E-state index in [0.29, 0.717) is 6.54 Å². The Morgan fingerprint density at radius 1 is 1.42 bits per heavy atom. The Morgan fingerprint density at radius 2 is 1.92 bits per heavy atom. The number of nitrogens with one attached hydrogen (secondary N) is 1. The molecule has 0 fully saturated rings. The van der Waals surface area contributed by atoms with Crippen LogP contribution >= 0.6 is 0 Å². The zero-order valence-electron chi connectivity index (χ0n) is 8.81. The van der Waals surface area contributed by atoms with Crippen LogP contribution in [0.4, 0.5) is 0 Å². The predicted molar refractivity (Wildman–Crippen MR) is 53.2 cm³/mol. The van der Waals surface area contributed by atoms with E-state index in [1.54, 1.807) is 0 Å². The van der Waals surface area contributed by atoms with Crippen molar-refractivity contribution in [2.24, 2.45) is 0 Å². The highest BCUT2D eigenvalue weighted by molar-refractivity contribution is 4.98. The maximum absolute atomic E-state index is 9.44. The molecule has 0 heterocycles. The fourth-order valence-electron chi connectivity index (χ4n) is 0.854. The topological polar surface area (TPSA) is 32.3 Å². The molecular weight excluding hydrogens is 150 g/mol. The molecule has 2 heteroatoms. The summed E-state index contributed by atoms with van der Waals surface area (Å²) in [4.78, 5) is 0. The van der Waals surface area contributed by atoms with E-state index in [4.69, 9.17) is 0 Å². The van der Waals surface area contributed by atoms with Crippen molar-refractivity contribution < 1.29 is 5.11 Å². The molecular formula is C10H21NO. The van der Waals surface area contributed by atoms with Crippen LogP contribution in [-0.4, -0.2) is 23.3 Å². The number of hydrogen-bond acceptors (Lipinski definition) is 2. The van der Waals surface area contributed by atoms with Gasteiger partial charge in [0.05, 0.1) is 6.10 Å². The molecule has 0 radical (unpaired) electrons. The zero-order chi connectivity index (χ0) is 9.78.